The van der Waals surface area contributed by atoms with Crippen molar-refractivity contribution >= 4 is 5.69 Å². The third-order valence-electron chi connectivity index (χ3n) is 2.60. The van der Waals surface area contributed by atoms with Gasteiger partial charge in [0, 0.05) is 12.1 Å². The Bertz CT molecular complexity index is 543. The molecule has 0 saturated heterocycles. The summed E-state index contributed by atoms with van der Waals surface area (Å²) in [7, 11) is 0. The summed E-state index contributed by atoms with van der Waals surface area (Å²) in [5.41, 5.74) is 7.36. The van der Waals surface area contributed by atoms with E-state index in [4.69, 9.17) is 10.5 Å². The van der Waals surface area contributed by atoms with Crippen molar-refractivity contribution in [3.8, 4) is 5.75 Å². The van der Waals surface area contributed by atoms with Gasteiger partial charge in [-0.3, -0.25) is 0 Å². The fourth-order valence-electron chi connectivity index (χ4n) is 1.63. The molecule has 2 nitrogen and oxygen atoms in total. The average molecular weight is 249 g/mol. The van der Waals surface area contributed by atoms with Crippen LogP contribution in [0.3, 0.4) is 0 Å². The molecule has 2 aromatic rings. The molecule has 2 aromatic carbocycles. The Morgan fingerprint density at radius 3 is 2.56 bits per heavy atom. The van der Waals surface area contributed by atoms with Crippen LogP contribution in [0.5, 0.6) is 5.75 Å². The maximum Gasteiger partial charge on any atom is 0.200 e. The van der Waals surface area contributed by atoms with Crippen LogP contribution in [0.1, 0.15) is 5.56 Å². The minimum absolute atomic E-state index is 0.0792. The Balaban J connectivity index is 1.97. The van der Waals surface area contributed by atoms with Gasteiger partial charge in [-0.1, -0.05) is 24.3 Å². The smallest absolute Gasteiger partial charge is 0.200 e. The second-order valence-electron chi connectivity index (χ2n) is 3.85. The van der Waals surface area contributed by atoms with E-state index < -0.39 is 11.6 Å². The van der Waals surface area contributed by atoms with Crippen LogP contribution in [-0.2, 0) is 6.42 Å². The van der Waals surface area contributed by atoms with Gasteiger partial charge in [0.15, 0.2) is 11.6 Å². The van der Waals surface area contributed by atoms with Crippen LogP contribution in [-0.4, -0.2) is 6.61 Å². The minimum atomic E-state index is -0.960. The van der Waals surface area contributed by atoms with E-state index in [-0.39, 0.29) is 12.4 Å². The van der Waals surface area contributed by atoms with Crippen molar-refractivity contribution in [2.24, 2.45) is 0 Å². The second kappa shape index (κ2) is 5.49. The van der Waals surface area contributed by atoms with Gasteiger partial charge in [0.2, 0.25) is 5.82 Å². The third kappa shape index (κ3) is 2.77. The van der Waals surface area contributed by atoms with Crippen molar-refractivity contribution in [1.29, 1.82) is 0 Å². The number of benzene rings is 2. The first kappa shape index (κ1) is 12.4. The fourth-order valence-corrected chi connectivity index (χ4v) is 1.63. The first-order valence-electron chi connectivity index (χ1n) is 5.58. The van der Waals surface area contributed by atoms with Crippen LogP contribution in [0.25, 0.3) is 0 Å². The van der Waals surface area contributed by atoms with Crippen LogP contribution in [0.2, 0.25) is 0 Å². The number of hydrogen-bond acceptors (Lipinski definition) is 2. The Morgan fingerprint density at radius 1 is 1.00 bits per heavy atom. The van der Waals surface area contributed by atoms with Gasteiger partial charge in [-0.15, -0.1) is 0 Å². The highest BCUT2D eigenvalue weighted by atomic mass is 19.2. The molecule has 0 fully saturated rings. The van der Waals surface area contributed by atoms with E-state index in [1.165, 1.54) is 12.1 Å². The lowest BCUT2D eigenvalue weighted by Crippen LogP contribution is -2.05. The van der Waals surface area contributed by atoms with E-state index in [1.54, 1.807) is 6.07 Å². The van der Waals surface area contributed by atoms with Gasteiger partial charge in [0.1, 0.15) is 0 Å². The first-order chi connectivity index (χ1) is 8.68. The summed E-state index contributed by atoms with van der Waals surface area (Å²) in [6, 6.07) is 11.2. The zero-order valence-corrected chi connectivity index (χ0v) is 9.70. The lowest BCUT2D eigenvalue weighted by molar-refractivity contribution is 0.299. The SMILES string of the molecule is Nc1ccccc1CCOc1cccc(F)c1F. The molecule has 0 spiro atoms. The van der Waals surface area contributed by atoms with Gasteiger partial charge >= 0.3 is 0 Å². The van der Waals surface area contributed by atoms with E-state index in [1.807, 2.05) is 18.2 Å². The predicted octanol–water partition coefficient (Wildman–Crippen LogP) is 3.17. The molecule has 4 heteroatoms. The molecular weight excluding hydrogens is 236 g/mol. The van der Waals surface area contributed by atoms with Crippen molar-refractivity contribution in [3.05, 3.63) is 59.7 Å². The Labute approximate surface area is 104 Å². The molecular formula is C14H13F2NO. The van der Waals surface area contributed by atoms with E-state index in [9.17, 15) is 8.78 Å². The molecule has 0 heterocycles. The second-order valence-corrected chi connectivity index (χ2v) is 3.85. The Kier molecular flexibility index (Phi) is 3.77. The van der Waals surface area contributed by atoms with Crippen molar-refractivity contribution in [1.82, 2.24) is 0 Å². The molecule has 94 valence electrons. The fraction of sp³-hybridized carbons (Fsp3) is 0.143. The zero-order chi connectivity index (χ0) is 13.0. The van der Waals surface area contributed by atoms with Gasteiger partial charge < -0.3 is 10.5 Å². The number of para-hydroxylation sites is 1. The molecule has 0 aliphatic heterocycles. The average Bonchev–Trinajstić information content (AvgIpc) is 2.37. The van der Waals surface area contributed by atoms with Gasteiger partial charge in [-0.2, -0.15) is 4.39 Å². The maximum atomic E-state index is 13.3. The molecule has 0 aromatic heterocycles. The van der Waals surface area contributed by atoms with Gasteiger partial charge in [-0.05, 0) is 23.8 Å². The summed E-state index contributed by atoms with van der Waals surface area (Å²) < 4.78 is 31.4. The maximum absolute atomic E-state index is 13.3. The van der Waals surface area contributed by atoms with Crippen LogP contribution in [0.15, 0.2) is 42.5 Å². The van der Waals surface area contributed by atoms with E-state index in [2.05, 4.69) is 0 Å². The van der Waals surface area contributed by atoms with Crippen LogP contribution in [0, 0.1) is 11.6 Å². The summed E-state index contributed by atoms with van der Waals surface area (Å²) in [5, 5.41) is 0. The van der Waals surface area contributed by atoms with Crippen molar-refractivity contribution in [3.63, 3.8) is 0 Å². The monoisotopic (exact) mass is 249 g/mol. The summed E-state index contributed by atoms with van der Waals surface area (Å²) >= 11 is 0. The topological polar surface area (TPSA) is 35.2 Å². The van der Waals surface area contributed by atoms with Crippen LogP contribution >= 0.6 is 0 Å². The summed E-state index contributed by atoms with van der Waals surface area (Å²) in [6.07, 6.45) is 0.544. The van der Waals surface area contributed by atoms with Gasteiger partial charge in [0.05, 0.1) is 6.61 Å². The number of ether oxygens (including phenoxy) is 1. The van der Waals surface area contributed by atoms with E-state index in [0.29, 0.717) is 12.1 Å². The quantitative estimate of drug-likeness (QED) is 0.845. The summed E-state index contributed by atoms with van der Waals surface area (Å²) in [4.78, 5) is 0. The van der Waals surface area contributed by atoms with Crippen molar-refractivity contribution in [2.75, 3.05) is 12.3 Å². The molecule has 0 bridgehead atoms. The number of hydrogen-bond donors (Lipinski definition) is 1. The molecule has 0 atom stereocenters. The third-order valence-corrected chi connectivity index (χ3v) is 2.60. The Morgan fingerprint density at radius 2 is 1.78 bits per heavy atom. The largest absolute Gasteiger partial charge is 0.490 e. The number of nitrogen functional groups attached to an aromatic ring is 1. The molecule has 18 heavy (non-hydrogen) atoms. The van der Waals surface area contributed by atoms with E-state index >= 15 is 0 Å². The minimum Gasteiger partial charge on any atom is -0.490 e. The highest BCUT2D eigenvalue weighted by molar-refractivity contribution is 5.46. The van der Waals surface area contributed by atoms with Gasteiger partial charge in [0.25, 0.3) is 0 Å². The number of nitrogens with two attached hydrogens (primary N) is 1. The zero-order valence-electron chi connectivity index (χ0n) is 9.70. The normalized spacial score (nSPS) is 10.3. The lowest BCUT2D eigenvalue weighted by Gasteiger charge is -2.08. The van der Waals surface area contributed by atoms with E-state index in [0.717, 1.165) is 11.6 Å². The van der Waals surface area contributed by atoms with Crippen LogP contribution in [0.4, 0.5) is 14.5 Å². The molecule has 0 aliphatic rings. The van der Waals surface area contributed by atoms with Gasteiger partial charge in [-0.25, -0.2) is 4.39 Å². The molecule has 0 unspecified atom stereocenters. The molecule has 0 saturated carbocycles. The Hall–Kier alpha value is -2.10. The first-order valence-corrected chi connectivity index (χ1v) is 5.58. The highest BCUT2D eigenvalue weighted by Crippen LogP contribution is 2.19. The number of rotatable bonds is 4. The summed E-state index contributed by atoms with van der Waals surface area (Å²) in [5.74, 6) is -1.95. The van der Waals surface area contributed by atoms with Crippen LogP contribution < -0.4 is 10.5 Å². The highest BCUT2D eigenvalue weighted by Gasteiger charge is 2.08. The van der Waals surface area contributed by atoms with Crippen molar-refractivity contribution in [2.45, 2.75) is 6.42 Å². The predicted molar refractivity (Wildman–Crippen MR) is 66.4 cm³/mol. The molecule has 2 N–H and O–H groups in total. The molecule has 0 amide bonds. The van der Waals surface area contributed by atoms with Crippen molar-refractivity contribution < 1.29 is 13.5 Å². The number of halogens is 2. The number of anilines is 1. The molecule has 0 radical (unpaired) electrons. The summed E-state index contributed by atoms with van der Waals surface area (Å²) in [6.45, 7) is 0.245. The lowest BCUT2D eigenvalue weighted by atomic mass is 10.1. The standard InChI is InChI=1S/C14H13F2NO/c15-11-5-3-7-13(14(11)16)18-9-8-10-4-1-2-6-12(10)17/h1-7H,8-9,17H2. The molecule has 0 aliphatic carbocycles. The molecule has 2 rings (SSSR count).